The molecule has 0 spiro atoms. The van der Waals surface area contributed by atoms with Gasteiger partial charge in [0.15, 0.2) is 0 Å². The molecular formula is C20H34N4O3. The molecule has 2 saturated heterocycles. The molecule has 2 atom stereocenters. The van der Waals surface area contributed by atoms with Crippen molar-refractivity contribution in [3.63, 3.8) is 0 Å². The minimum Gasteiger partial charge on any atom is -0.378 e. The standard InChI is InChI=1S/C20H34N4O3/c21-19-15-2-1-3-16(19)13-17(12-15)20(26)24-6-4-22(5-7-24)14-18(25)23-8-10-27-11-9-23/h15-17,19H,1-14,21H2. The van der Waals surface area contributed by atoms with Gasteiger partial charge in [-0.05, 0) is 37.5 Å². The second-order valence-corrected chi connectivity index (χ2v) is 8.79. The molecule has 2 unspecified atom stereocenters. The lowest BCUT2D eigenvalue weighted by Gasteiger charge is -2.45. The van der Waals surface area contributed by atoms with E-state index in [1.807, 2.05) is 9.80 Å². The van der Waals surface area contributed by atoms with E-state index < -0.39 is 0 Å². The van der Waals surface area contributed by atoms with Crippen molar-refractivity contribution in [3.8, 4) is 0 Å². The van der Waals surface area contributed by atoms with Crippen molar-refractivity contribution in [2.24, 2.45) is 23.5 Å². The first kappa shape index (κ1) is 19.2. The molecule has 0 aromatic heterocycles. The molecule has 7 heteroatoms. The summed E-state index contributed by atoms with van der Waals surface area (Å²) in [6.45, 7) is 6.21. The molecule has 2 aliphatic carbocycles. The van der Waals surface area contributed by atoms with E-state index in [1.165, 1.54) is 19.3 Å². The molecule has 152 valence electrons. The van der Waals surface area contributed by atoms with Crippen molar-refractivity contribution in [2.75, 3.05) is 59.0 Å². The molecule has 2 bridgehead atoms. The molecule has 2 N–H and O–H groups in total. The highest BCUT2D eigenvalue weighted by Crippen LogP contribution is 2.42. The Morgan fingerprint density at radius 3 is 2.15 bits per heavy atom. The number of hydrogen-bond acceptors (Lipinski definition) is 5. The lowest BCUT2D eigenvalue weighted by molar-refractivity contribution is -0.141. The molecule has 7 nitrogen and oxygen atoms in total. The fraction of sp³-hybridized carbons (Fsp3) is 0.900. The summed E-state index contributed by atoms with van der Waals surface area (Å²) >= 11 is 0. The summed E-state index contributed by atoms with van der Waals surface area (Å²) in [6, 6.07) is 0.311. The number of carbonyl (C=O) groups is 2. The van der Waals surface area contributed by atoms with Gasteiger partial charge in [0.25, 0.3) is 0 Å². The van der Waals surface area contributed by atoms with Crippen LogP contribution in [-0.4, -0.2) is 91.6 Å². The van der Waals surface area contributed by atoms with Crippen LogP contribution in [0.2, 0.25) is 0 Å². The van der Waals surface area contributed by atoms with Crippen molar-refractivity contribution >= 4 is 11.8 Å². The maximum atomic E-state index is 13.0. The normalized spacial score (nSPS) is 35.1. The first-order valence-corrected chi connectivity index (χ1v) is 10.7. The van der Waals surface area contributed by atoms with Crippen LogP contribution in [0.1, 0.15) is 32.1 Å². The number of rotatable bonds is 3. The molecular weight excluding hydrogens is 344 g/mol. The predicted octanol–water partition coefficient (Wildman–Crippen LogP) is 0.143. The van der Waals surface area contributed by atoms with Gasteiger partial charge in [0, 0.05) is 51.2 Å². The summed E-state index contributed by atoms with van der Waals surface area (Å²) in [5.41, 5.74) is 6.38. The van der Waals surface area contributed by atoms with E-state index in [1.54, 1.807) is 0 Å². The van der Waals surface area contributed by atoms with Crippen LogP contribution in [0.3, 0.4) is 0 Å². The second-order valence-electron chi connectivity index (χ2n) is 8.79. The van der Waals surface area contributed by atoms with E-state index in [0.29, 0.717) is 56.6 Å². The highest BCUT2D eigenvalue weighted by Gasteiger charge is 2.42. The third-order valence-corrected chi connectivity index (χ3v) is 7.17. The summed E-state index contributed by atoms with van der Waals surface area (Å²) in [5, 5.41) is 0. The monoisotopic (exact) mass is 378 g/mol. The maximum Gasteiger partial charge on any atom is 0.236 e. The Labute approximate surface area is 162 Å². The van der Waals surface area contributed by atoms with Gasteiger partial charge in [-0.25, -0.2) is 0 Å². The summed E-state index contributed by atoms with van der Waals surface area (Å²) in [5.74, 6) is 1.77. The van der Waals surface area contributed by atoms with Gasteiger partial charge in [0.05, 0.1) is 19.8 Å². The average molecular weight is 379 g/mol. The van der Waals surface area contributed by atoms with Crippen molar-refractivity contribution < 1.29 is 14.3 Å². The molecule has 2 saturated carbocycles. The zero-order valence-corrected chi connectivity index (χ0v) is 16.4. The number of nitrogens with two attached hydrogens (primary N) is 1. The number of hydrogen-bond donors (Lipinski definition) is 1. The van der Waals surface area contributed by atoms with E-state index in [4.69, 9.17) is 10.5 Å². The Balaban J connectivity index is 1.24. The number of piperazine rings is 1. The lowest BCUT2D eigenvalue weighted by Crippen LogP contribution is -2.55. The van der Waals surface area contributed by atoms with Gasteiger partial charge in [-0.1, -0.05) is 6.42 Å². The quantitative estimate of drug-likeness (QED) is 0.756. The van der Waals surface area contributed by atoms with Gasteiger partial charge in [-0.15, -0.1) is 0 Å². The molecule has 4 rings (SSSR count). The Morgan fingerprint density at radius 1 is 0.889 bits per heavy atom. The fourth-order valence-electron chi connectivity index (χ4n) is 5.48. The smallest absolute Gasteiger partial charge is 0.236 e. The van der Waals surface area contributed by atoms with Crippen LogP contribution in [0.5, 0.6) is 0 Å². The van der Waals surface area contributed by atoms with E-state index in [2.05, 4.69) is 4.90 Å². The minimum atomic E-state index is 0.168. The van der Waals surface area contributed by atoms with Gasteiger partial charge in [-0.3, -0.25) is 14.5 Å². The average Bonchev–Trinajstić information content (AvgIpc) is 2.68. The molecule has 0 aromatic carbocycles. The van der Waals surface area contributed by atoms with Crippen LogP contribution < -0.4 is 5.73 Å². The molecule has 4 aliphatic rings. The van der Waals surface area contributed by atoms with Crippen molar-refractivity contribution in [1.29, 1.82) is 0 Å². The summed E-state index contributed by atoms with van der Waals surface area (Å²) < 4.78 is 5.31. The SMILES string of the molecule is NC1C2CCCC1CC(C(=O)N1CCN(CC(=O)N3CCOCC3)CC1)C2. The van der Waals surface area contributed by atoms with Crippen LogP contribution in [0.15, 0.2) is 0 Å². The number of morpholine rings is 1. The van der Waals surface area contributed by atoms with Crippen molar-refractivity contribution in [3.05, 3.63) is 0 Å². The minimum absolute atomic E-state index is 0.168. The van der Waals surface area contributed by atoms with Crippen LogP contribution in [0, 0.1) is 17.8 Å². The Morgan fingerprint density at radius 2 is 1.52 bits per heavy atom. The molecule has 4 fully saturated rings. The third kappa shape index (κ3) is 4.30. The number of amides is 2. The first-order valence-electron chi connectivity index (χ1n) is 10.7. The topological polar surface area (TPSA) is 79.1 Å². The fourth-order valence-corrected chi connectivity index (χ4v) is 5.48. The van der Waals surface area contributed by atoms with Crippen LogP contribution in [-0.2, 0) is 14.3 Å². The second kappa shape index (κ2) is 8.45. The third-order valence-electron chi connectivity index (χ3n) is 7.17. The first-order chi connectivity index (χ1) is 13.1. The maximum absolute atomic E-state index is 13.0. The van der Waals surface area contributed by atoms with Crippen LogP contribution >= 0.6 is 0 Å². The largest absolute Gasteiger partial charge is 0.378 e. The highest BCUT2D eigenvalue weighted by molar-refractivity contribution is 5.80. The van der Waals surface area contributed by atoms with Crippen LogP contribution in [0.4, 0.5) is 0 Å². The highest BCUT2D eigenvalue weighted by atomic mass is 16.5. The van der Waals surface area contributed by atoms with E-state index in [0.717, 1.165) is 39.0 Å². The summed E-state index contributed by atoms with van der Waals surface area (Å²) in [4.78, 5) is 31.6. The Bertz CT molecular complexity index is 529. The van der Waals surface area contributed by atoms with Gasteiger partial charge >= 0.3 is 0 Å². The van der Waals surface area contributed by atoms with Gasteiger partial charge < -0.3 is 20.3 Å². The zero-order valence-electron chi connectivity index (χ0n) is 16.4. The Hall–Kier alpha value is -1.18. The number of fused-ring (bicyclic) bond motifs is 2. The van der Waals surface area contributed by atoms with E-state index in [9.17, 15) is 9.59 Å². The lowest BCUT2D eigenvalue weighted by atomic mass is 9.65. The molecule has 2 heterocycles. The van der Waals surface area contributed by atoms with E-state index in [-0.39, 0.29) is 11.8 Å². The van der Waals surface area contributed by atoms with Gasteiger partial charge in [-0.2, -0.15) is 0 Å². The van der Waals surface area contributed by atoms with Gasteiger partial charge in [0.2, 0.25) is 11.8 Å². The number of nitrogens with zero attached hydrogens (tertiary/aromatic N) is 3. The van der Waals surface area contributed by atoms with Crippen molar-refractivity contribution in [1.82, 2.24) is 14.7 Å². The van der Waals surface area contributed by atoms with Crippen molar-refractivity contribution in [2.45, 2.75) is 38.1 Å². The number of carbonyl (C=O) groups excluding carboxylic acids is 2. The molecule has 2 aliphatic heterocycles. The molecule has 0 radical (unpaired) electrons. The predicted molar refractivity (Wildman–Crippen MR) is 102 cm³/mol. The van der Waals surface area contributed by atoms with Crippen LogP contribution in [0.25, 0.3) is 0 Å². The Kier molecular flexibility index (Phi) is 5.99. The molecule has 2 amide bonds. The zero-order chi connectivity index (χ0) is 18.8. The summed E-state index contributed by atoms with van der Waals surface area (Å²) in [6.07, 6.45) is 5.62. The number of ether oxygens (including phenoxy) is 1. The van der Waals surface area contributed by atoms with Gasteiger partial charge in [0.1, 0.15) is 0 Å². The molecule has 0 aromatic rings. The summed E-state index contributed by atoms with van der Waals surface area (Å²) in [7, 11) is 0. The van der Waals surface area contributed by atoms with E-state index >= 15 is 0 Å². The molecule has 27 heavy (non-hydrogen) atoms.